The van der Waals surface area contributed by atoms with Gasteiger partial charge in [0, 0.05) is 11.6 Å². The highest BCUT2D eigenvalue weighted by atomic mass is 32.2. The lowest BCUT2D eigenvalue weighted by Crippen LogP contribution is -2.33. The van der Waals surface area contributed by atoms with Crippen molar-refractivity contribution in [3.63, 3.8) is 0 Å². The molecule has 2 rings (SSSR count). The van der Waals surface area contributed by atoms with Gasteiger partial charge in [-0.2, -0.15) is 0 Å². The molecule has 6 heteroatoms. The molecule has 1 aliphatic rings. The highest BCUT2D eigenvalue weighted by molar-refractivity contribution is 7.89. The molecule has 112 valence electrons. The van der Waals surface area contributed by atoms with Gasteiger partial charge in [0.05, 0.1) is 14.2 Å². The highest BCUT2D eigenvalue weighted by Crippen LogP contribution is 2.34. The van der Waals surface area contributed by atoms with Crippen molar-refractivity contribution < 1.29 is 17.9 Å². The second kappa shape index (κ2) is 6.01. The van der Waals surface area contributed by atoms with Crippen LogP contribution in [0.1, 0.15) is 31.2 Å². The van der Waals surface area contributed by atoms with E-state index in [9.17, 15) is 8.42 Å². The van der Waals surface area contributed by atoms with E-state index >= 15 is 0 Å². The van der Waals surface area contributed by atoms with Gasteiger partial charge in [-0.1, -0.05) is 12.8 Å². The van der Waals surface area contributed by atoms with Gasteiger partial charge in [-0.15, -0.1) is 0 Å². The zero-order valence-electron chi connectivity index (χ0n) is 12.1. The Morgan fingerprint density at radius 3 is 2.35 bits per heavy atom. The van der Waals surface area contributed by atoms with E-state index in [1.54, 1.807) is 20.1 Å². The van der Waals surface area contributed by atoms with Crippen molar-refractivity contribution in [2.24, 2.45) is 0 Å². The van der Waals surface area contributed by atoms with Gasteiger partial charge in [-0.05, 0) is 31.9 Å². The van der Waals surface area contributed by atoms with E-state index in [2.05, 4.69) is 4.72 Å². The Balaban J connectivity index is 2.37. The number of sulfonamides is 1. The molecular weight excluding hydrogens is 278 g/mol. The quantitative estimate of drug-likeness (QED) is 0.905. The molecular formula is C14H21NO4S. The van der Waals surface area contributed by atoms with E-state index in [0.717, 1.165) is 25.7 Å². The smallest absolute Gasteiger partial charge is 0.244 e. The summed E-state index contributed by atoms with van der Waals surface area (Å²) in [5.41, 5.74) is 0.685. The number of benzene rings is 1. The van der Waals surface area contributed by atoms with E-state index in [1.165, 1.54) is 13.2 Å². The zero-order chi connectivity index (χ0) is 14.8. The maximum absolute atomic E-state index is 12.5. The van der Waals surface area contributed by atoms with Gasteiger partial charge in [-0.3, -0.25) is 0 Å². The number of hydrogen-bond donors (Lipinski definition) is 1. The first-order chi connectivity index (χ1) is 9.49. The van der Waals surface area contributed by atoms with Crippen molar-refractivity contribution in [3.8, 4) is 11.5 Å². The SMILES string of the molecule is COc1ccc(S(=O)(=O)NC2CCCC2)c(OC)c1C. The van der Waals surface area contributed by atoms with Gasteiger partial charge in [0.25, 0.3) is 0 Å². The molecule has 0 aromatic heterocycles. The summed E-state index contributed by atoms with van der Waals surface area (Å²) in [4.78, 5) is 0.171. The Labute approximate surface area is 120 Å². The summed E-state index contributed by atoms with van der Waals surface area (Å²) in [5, 5.41) is 0. The zero-order valence-corrected chi connectivity index (χ0v) is 12.9. The van der Waals surface area contributed by atoms with Gasteiger partial charge in [-0.25, -0.2) is 13.1 Å². The fourth-order valence-electron chi connectivity index (χ4n) is 2.66. The average Bonchev–Trinajstić information content (AvgIpc) is 2.90. The van der Waals surface area contributed by atoms with Gasteiger partial charge in [0.15, 0.2) is 0 Å². The largest absolute Gasteiger partial charge is 0.496 e. The van der Waals surface area contributed by atoms with Crippen molar-refractivity contribution in [1.82, 2.24) is 4.72 Å². The Kier molecular flexibility index (Phi) is 4.55. The summed E-state index contributed by atoms with van der Waals surface area (Å²) in [5.74, 6) is 0.955. The van der Waals surface area contributed by atoms with Crippen molar-refractivity contribution in [3.05, 3.63) is 17.7 Å². The van der Waals surface area contributed by atoms with Crippen LogP contribution in [0.5, 0.6) is 11.5 Å². The Morgan fingerprint density at radius 2 is 1.80 bits per heavy atom. The monoisotopic (exact) mass is 299 g/mol. The first-order valence-electron chi connectivity index (χ1n) is 6.73. The first-order valence-corrected chi connectivity index (χ1v) is 8.22. The third-order valence-corrected chi connectivity index (χ3v) is 5.25. The molecule has 1 aliphatic carbocycles. The fraction of sp³-hybridized carbons (Fsp3) is 0.571. The fourth-order valence-corrected chi connectivity index (χ4v) is 4.19. The van der Waals surface area contributed by atoms with Crippen LogP contribution in [0.3, 0.4) is 0 Å². The topological polar surface area (TPSA) is 64.6 Å². The van der Waals surface area contributed by atoms with Crippen LogP contribution in [-0.4, -0.2) is 28.7 Å². The van der Waals surface area contributed by atoms with Gasteiger partial charge in [0.1, 0.15) is 16.4 Å². The van der Waals surface area contributed by atoms with E-state index < -0.39 is 10.0 Å². The second-order valence-corrected chi connectivity index (χ2v) is 6.71. The van der Waals surface area contributed by atoms with Gasteiger partial charge >= 0.3 is 0 Å². The normalized spacial score (nSPS) is 16.4. The van der Waals surface area contributed by atoms with E-state index in [1.807, 2.05) is 0 Å². The number of hydrogen-bond acceptors (Lipinski definition) is 4. The lowest BCUT2D eigenvalue weighted by atomic mass is 10.2. The van der Waals surface area contributed by atoms with E-state index in [4.69, 9.17) is 9.47 Å². The lowest BCUT2D eigenvalue weighted by molar-refractivity contribution is 0.380. The molecule has 0 bridgehead atoms. The molecule has 5 nitrogen and oxygen atoms in total. The maximum Gasteiger partial charge on any atom is 0.244 e. The molecule has 1 fully saturated rings. The molecule has 0 atom stereocenters. The molecule has 0 spiro atoms. The minimum Gasteiger partial charge on any atom is -0.496 e. The molecule has 0 saturated heterocycles. The third-order valence-electron chi connectivity index (χ3n) is 3.71. The summed E-state index contributed by atoms with van der Waals surface area (Å²) in [6.07, 6.45) is 3.95. The summed E-state index contributed by atoms with van der Waals surface area (Å²) in [6, 6.07) is 3.22. The molecule has 1 aromatic rings. The number of ether oxygens (including phenoxy) is 2. The standard InChI is InChI=1S/C14H21NO4S/c1-10-12(18-2)8-9-13(14(10)19-3)20(16,17)15-11-6-4-5-7-11/h8-9,11,15H,4-7H2,1-3H3. The van der Waals surface area contributed by atoms with Crippen LogP contribution in [0.4, 0.5) is 0 Å². The Hall–Kier alpha value is -1.27. The number of methoxy groups -OCH3 is 2. The highest BCUT2D eigenvalue weighted by Gasteiger charge is 2.27. The molecule has 0 heterocycles. The Morgan fingerprint density at radius 1 is 1.15 bits per heavy atom. The van der Waals surface area contributed by atoms with Crippen LogP contribution >= 0.6 is 0 Å². The van der Waals surface area contributed by atoms with Crippen LogP contribution in [0, 0.1) is 6.92 Å². The van der Waals surface area contributed by atoms with E-state index in [0.29, 0.717) is 17.1 Å². The molecule has 20 heavy (non-hydrogen) atoms. The predicted octanol–water partition coefficient (Wildman–Crippen LogP) is 2.23. The van der Waals surface area contributed by atoms with Crippen molar-refractivity contribution in [1.29, 1.82) is 0 Å². The first kappa shape index (κ1) is 15.1. The molecule has 0 unspecified atom stereocenters. The Bertz CT molecular complexity index is 577. The van der Waals surface area contributed by atoms with Crippen LogP contribution in [0.15, 0.2) is 17.0 Å². The number of nitrogens with one attached hydrogen (secondary N) is 1. The second-order valence-electron chi connectivity index (χ2n) is 5.03. The third kappa shape index (κ3) is 2.91. The molecule has 1 saturated carbocycles. The molecule has 1 aromatic carbocycles. The average molecular weight is 299 g/mol. The summed E-state index contributed by atoms with van der Waals surface area (Å²) in [6.45, 7) is 1.78. The maximum atomic E-state index is 12.5. The van der Waals surface area contributed by atoms with Gasteiger partial charge < -0.3 is 9.47 Å². The van der Waals surface area contributed by atoms with Crippen LogP contribution in [0.2, 0.25) is 0 Å². The summed E-state index contributed by atoms with van der Waals surface area (Å²) in [7, 11) is -0.548. The summed E-state index contributed by atoms with van der Waals surface area (Å²) >= 11 is 0. The molecule has 0 aliphatic heterocycles. The lowest BCUT2D eigenvalue weighted by Gasteiger charge is -2.17. The molecule has 0 radical (unpaired) electrons. The van der Waals surface area contributed by atoms with E-state index in [-0.39, 0.29) is 10.9 Å². The predicted molar refractivity (Wildman–Crippen MR) is 76.9 cm³/mol. The summed E-state index contributed by atoms with van der Waals surface area (Å²) < 4.78 is 38.2. The minimum absolute atomic E-state index is 0.0344. The van der Waals surface area contributed by atoms with Gasteiger partial charge in [0.2, 0.25) is 10.0 Å². The van der Waals surface area contributed by atoms with Crippen molar-refractivity contribution >= 4 is 10.0 Å². The molecule has 1 N–H and O–H groups in total. The minimum atomic E-state index is -3.56. The van der Waals surface area contributed by atoms with Crippen molar-refractivity contribution in [2.45, 2.75) is 43.5 Å². The number of rotatable bonds is 5. The van der Waals surface area contributed by atoms with Crippen molar-refractivity contribution in [2.75, 3.05) is 14.2 Å². The van der Waals surface area contributed by atoms with Crippen LogP contribution < -0.4 is 14.2 Å². The molecule has 0 amide bonds. The van der Waals surface area contributed by atoms with Crippen LogP contribution in [0.25, 0.3) is 0 Å². The van der Waals surface area contributed by atoms with Crippen LogP contribution in [-0.2, 0) is 10.0 Å².